The minimum Gasteiger partial charge on any atom is -0.0848 e. The van der Waals surface area contributed by atoms with E-state index in [1.165, 1.54) is 16.7 Å². The smallest absolute Gasteiger partial charge is 0.0224 e. The van der Waals surface area contributed by atoms with Crippen LogP contribution in [0.2, 0.25) is 0 Å². The van der Waals surface area contributed by atoms with Crippen LogP contribution in [0.4, 0.5) is 0 Å². The second-order valence-corrected chi connectivity index (χ2v) is 3.93. The molecule has 0 radical (unpaired) electrons. The van der Waals surface area contributed by atoms with Gasteiger partial charge >= 0.3 is 0 Å². The van der Waals surface area contributed by atoms with E-state index in [-0.39, 0.29) is 0 Å². The number of benzene rings is 1. The molecule has 0 atom stereocenters. The molecule has 0 aliphatic rings. The fourth-order valence-electron chi connectivity index (χ4n) is 1.69. The van der Waals surface area contributed by atoms with E-state index in [0.29, 0.717) is 0 Å². The van der Waals surface area contributed by atoms with Gasteiger partial charge in [-0.3, -0.25) is 0 Å². The highest BCUT2D eigenvalue weighted by Crippen LogP contribution is 2.18. The van der Waals surface area contributed by atoms with Crippen molar-refractivity contribution in [2.24, 2.45) is 0 Å². The van der Waals surface area contributed by atoms with Gasteiger partial charge in [0.2, 0.25) is 0 Å². The van der Waals surface area contributed by atoms with Gasteiger partial charge < -0.3 is 0 Å². The van der Waals surface area contributed by atoms with E-state index in [1.807, 2.05) is 13.8 Å². The van der Waals surface area contributed by atoms with Gasteiger partial charge in [-0.15, -0.1) is 0 Å². The Kier molecular flexibility index (Phi) is 10.0. The summed E-state index contributed by atoms with van der Waals surface area (Å²) in [5.41, 5.74) is 4.16. The summed E-state index contributed by atoms with van der Waals surface area (Å²) in [6.07, 6.45) is 9.87. The minimum atomic E-state index is 1.08. The van der Waals surface area contributed by atoms with Crippen LogP contribution in [0, 0.1) is 0 Å². The second kappa shape index (κ2) is 10.8. The first-order chi connectivity index (χ1) is 8.81. The van der Waals surface area contributed by atoms with Crippen molar-refractivity contribution in [3.05, 3.63) is 53.6 Å². The van der Waals surface area contributed by atoms with Crippen molar-refractivity contribution in [3.8, 4) is 0 Å². The third-order valence-corrected chi connectivity index (χ3v) is 2.78. The Bertz CT molecular complexity index is 352. The molecule has 0 nitrogen and oxygen atoms in total. The number of hydrogen-bond acceptors (Lipinski definition) is 0. The van der Waals surface area contributed by atoms with E-state index < -0.39 is 0 Å². The lowest BCUT2D eigenvalue weighted by atomic mass is 10.0. The van der Waals surface area contributed by atoms with Crippen molar-refractivity contribution in [3.63, 3.8) is 0 Å². The van der Waals surface area contributed by atoms with Gasteiger partial charge in [0.15, 0.2) is 0 Å². The van der Waals surface area contributed by atoms with E-state index in [2.05, 4.69) is 63.3 Å². The molecule has 0 amide bonds. The Labute approximate surface area is 113 Å². The first-order valence-corrected chi connectivity index (χ1v) is 7.26. The Morgan fingerprint density at radius 1 is 1.00 bits per heavy atom. The third kappa shape index (κ3) is 5.86. The average Bonchev–Trinajstić information content (AvgIpc) is 2.46. The predicted octanol–water partition coefficient (Wildman–Crippen LogP) is 6.03. The predicted molar refractivity (Wildman–Crippen MR) is 84.9 cm³/mol. The number of hydrogen-bond donors (Lipinski definition) is 0. The molecule has 0 unspecified atom stereocenters. The van der Waals surface area contributed by atoms with E-state index >= 15 is 0 Å². The maximum Gasteiger partial charge on any atom is -0.0224 e. The van der Waals surface area contributed by atoms with E-state index in [1.54, 1.807) is 0 Å². The quantitative estimate of drug-likeness (QED) is 0.554. The van der Waals surface area contributed by atoms with Gasteiger partial charge in [0, 0.05) is 0 Å². The molecule has 0 fully saturated rings. The summed E-state index contributed by atoms with van der Waals surface area (Å²) in [7, 11) is 0. The summed E-state index contributed by atoms with van der Waals surface area (Å²) in [4.78, 5) is 0. The maximum absolute atomic E-state index is 2.23. The Balaban J connectivity index is 0.00000137. The molecule has 0 bridgehead atoms. The number of rotatable bonds is 5. The van der Waals surface area contributed by atoms with Crippen molar-refractivity contribution in [2.45, 2.75) is 53.9 Å². The number of aryl methyl sites for hydroxylation is 1. The third-order valence-electron chi connectivity index (χ3n) is 2.78. The largest absolute Gasteiger partial charge is 0.0848 e. The molecule has 0 spiro atoms. The second-order valence-electron chi connectivity index (χ2n) is 3.93. The van der Waals surface area contributed by atoms with Crippen LogP contribution < -0.4 is 0 Å². The first-order valence-electron chi connectivity index (χ1n) is 7.26. The standard InChI is InChI=1S/C16H22.C2H6/c1-4-7-8-9-15(6-3)16-12-10-14(5-2)11-13-16;1-2/h7-13H,4-6H2,1-3H3;1-2H3/b8-7-,15-9+;. The molecular weight excluding hydrogens is 216 g/mol. The van der Waals surface area contributed by atoms with Crippen LogP contribution in [-0.2, 0) is 6.42 Å². The SMILES string of the molecule is CC.CC/C=C\C=C(/CC)c1ccc(CC)cc1. The molecular formula is C18H28. The van der Waals surface area contributed by atoms with Gasteiger partial charge in [0.05, 0.1) is 0 Å². The lowest BCUT2D eigenvalue weighted by Crippen LogP contribution is -1.85. The molecule has 0 aromatic heterocycles. The van der Waals surface area contributed by atoms with E-state index in [4.69, 9.17) is 0 Å². The monoisotopic (exact) mass is 244 g/mol. The molecule has 0 N–H and O–H groups in total. The van der Waals surface area contributed by atoms with Crippen molar-refractivity contribution >= 4 is 5.57 Å². The first kappa shape index (κ1) is 16.7. The van der Waals surface area contributed by atoms with Crippen LogP contribution in [0.1, 0.15) is 58.6 Å². The molecule has 100 valence electrons. The van der Waals surface area contributed by atoms with Crippen molar-refractivity contribution in [2.75, 3.05) is 0 Å². The molecule has 0 aliphatic heterocycles. The lowest BCUT2D eigenvalue weighted by Gasteiger charge is -2.05. The zero-order valence-corrected chi connectivity index (χ0v) is 12.7. The van der Waals surface area contributed by atoms with Crippen molar-refractivity contribution < 1.29 is 0 Å². The van der Waals surface area contributed by atoms with Crippen molar-refractivity contribution in [1.82, 2.24) is 0 Å². The summed E-state index contributed by atoms with van der Waals surface area (Å²) in [5.74, 6) is 0. The molecule has 0 saturated heterocycles. The zero-order chi connectivity index (χ0) is 13.8. The fourth-order valence-corrected chi connectivity index (χ4v) is 1.69. The Morgan fingerprint density at radius 2 is 1.61 bits per heavy atom. The van der Waals surface area contributed by atoms with Crippen LogP contribution in [-0.4, -0.2) is 0 Å². The number of allylic oxidation sites excluding steroid dienone is 4. The molecule has 1 aromatic carbocycles. The highest BCUT2D eigenvalue weighted by molar-refractivity contribution is 5.66. The zero-order valence-electron chi connectivity index (χ0n) is 12.7. The summed E-state index contributed by atoms with van der Waals surface area (Å²) in [5, 5.41) is 0. The summed E-state index contributed by atoms with van der Waals surface area (Å²) in [6.45, 7) is 10.6. The van der Waals surface area contributed by atoms with Gasteiger partial charge in [0.25, 0.3) is 0 Å². The van der Waals surface area contributed by atoms with Gasteiger partial charge in [-0.05, 0) is 36.0 Å². The molecule has 1 rings (SSSR count). The van der Waals surface area contributed by atoms with Crippen LogP contribution in [0.25, 0.3) is 5.57 Å². The summed E-state index contributed by atoms with van der Waals surface area (Å²) in [6, 6.07) is 8.91. The van der Waals surface area contributed by atoms with Crippen LogP contribution in [0.5, 0.6) is 0 Å². The highest BCUT2D eigenvalue weighted by atomic mass is 14.0. The van der Waals surface area contributed by atoms with Gasteiger partial charge in [0.1, 0.15) is 0 Å². The Morgan fingerprint density at radius 3 is 2.06 bits per heavy atom. The average molecular weight is 244 g/mol. The normalized spacial score (nSPS) is 11.3. The van der Waals surface area contributed by atoms with Crippen LogP contribution >= 0.6 is 0 Å². The Hall–Kier alpha value is -1.30. The molecule has 18 heavy (non-hydrogen) atoms. The highest BCUT2D eigenvalue weighted by Gasteiger charge is 1.97. The van der Waals surface area contributed by atoms with Gasteiger partial charge in [-0.2, -0.15) is 0 Å². The van der Waals surface area contributed by atoms with Gasteiger partial charge in [-0.1, -0.05) is 77.1 Å². The van der Waals surface area contributed by atoms with E-state index in [0.717, 1.165) is 19.3 Å². The molecule has 0 saturated carbocycles. The maximum atomic E-state index is 2.23. The molecule has 0 heteroatoms. The van der Waals surface area contributed by atoms with Crippen LogP contribution in [0.15, 0.2) is 42.5 Å². The lowest BCUT2D eigenvalue weighted by molar-refractivity contribution is 1.14. The minimum absolute atomic E-state index is 1.08. The van der Waals surface area contributed by atoms with E-state index in [9.17, 15) is 0 Å². The molecule has 0 aliphatic carbocycles. The topological polar surface area (TPSA) is 0 Å². The molecule has 0 heterocycles. The summed E-state index contributed by atoms with van der Waals surface area (Å²) < 4.78 is 0. The molecule has 1 aromatic rings. The summed E-state index contributed by atoms with van der Waals surface area (Å²) >= 11 is 0. The van der Waals surface area contributed by atoms with Crippen LogP contribution in [0.3, 0.4) is 0 Å². The fraction of sp³-hybridized carbons (Fsp3) is 0.444. The van der Waals surface area contributed by atoms with Gasteiger partial charge in [-0.25, -0.2) is 0 Å². The van der Waals surface area contributed by atoms with Crippen molar-refractivity contribution in [1.29, 1.82) is 0 Å².